The molecule has 24 heavy (non-hydrogen) atoms. The number of benzene rings is 1. The van der Waals surface area contributed by atoms with Crippen molar-refractivity contribution in [1.29, 1.82) is 0 Å². The Kier molecular flexibility index (Phi) is 5.41. The van der Waals surface area contributed by atoms with Gasteiger partial charge < -0.3 is 20.4 Å². The zero-order valence-corrected chi connectivity index (χ0v) is 14.9. The van der Waals surface area contributed by atoms with E-state index in [-0.39, 0.29) is 0 Å². The largest absolute Gasteiger partial charge is 0.376 e. The zero-order chi connectivity index (χ0) is 16.9. The Balaban J connectivity index is 1.67. The van der Waals surface area contributed by atoms with Gasteiger partial charge in [-0.05, 0) is 56.9 Å². The average Bonchev–Trinajstić information content (AvgIpc) is 3.19. The molecule has 2 aromatic rings. The molecule has 0 radical (unpaired) electrons. The van der Waals surface area contributed by atoms with Crippen LogP contribution in [0.5, 0.6) is 0 Å². The third kappa shape index (κ3) is 3.90. The Morgan fingerprint density at radius 2 is 2.21 bits per heavy atom. The molecular weight excluding hydrogens is 300 g/mol. The van der Waals surface area contributed by atoms with Crippen LogP contribution in [0.3, 0.4) is 0 Å². The molecule has 0 saturated carbocycles. The standard InChI is InChI=1S/C19H28N4O/c1-4-20-19(22-12-16-6-5-9-24-16)21-11-15-7-8-18-17(10-15)13(2)14(3)23-18/h7-8,10,16,23H,4-6,9,11-12H2,1-3H3,(H2,20,21,22). The number of rotatable bonds is 5. The molecule has 2 heterocycles. The summed E-state index contributed by atoms with van der Waals surface area (Å²) in [7, 11) is 0. The molecule has 3 rings (SSSR count). The van der Waals surface area contributed by atoms with E-state index < -0.39 is 0 Å². The molecule has 0 amide bonds. The molecule has 130 valence electrons. The highest BCUT2D eigenvalue weighted by molar-refractivity contribution is 5.85. The van der Waals surface area contributed by atoms with Crippen LogP contribution in [0.15, 0.2) is 23.2 Å². The topological polar surface area (TPSA) is 61.4 Å². The smallest absolute Gasteiger partial charge is 0.191 e. The maximum Gasteiger partial charge on any atom is 0.191 e. The lowest BCUT2D eigenvalue weighted by Crippen LogP contribution is -2.41. The van der Waals surface area contributed by atoms with Crippen LogP contribution in [0.25, 0.3) is 10.9 Å². The predicted molar refractivity (Wildman–Crippen MR) is 99.6 cm³/mol. The van der Waals surface area contributed by atoms with Gasteiger partial charge in [0.25, 0.3) is 0 Å². The second-order valence-electron chi connectivity index (χ2n) is 6.47. The molecule has 1 aliphatic rings. The van der Waals surface area contributed by atoms with Gasteiger partial charge in [0, 0.05) is 36.3 Å². The van der Waals surface area contributed by atoms with Gasteiger partial charge in [0.15, 0.2) is 5.96 Å². The van der Waals surface area contributed by atoms with E-state index in [1.807, 2.05) is 0 Å². The van der Waals surface area contributed by atoms with Gasteiger partial charge in [0.1, 0.15) is 0 Å². The predicted octanol–water partition coefficient (Wildman–Crippen LogP) is 3.02. The molecule has 1 fully saturated rings. The summed E-state index contributed by atoms with van der Waals surface area (Å²) in [5.41, 5.74) is 4.97. The summed E-state index contributed by atoms with van der Waals surface area (Å²) >= 11 is 0. The van der Waals surface area contributed by atoms with Crippen LogP contribution >= 0.6 is 0 Å². The lowest BCUT2D eigenvalue weighted by atomic mass is 10.1. The van der Waals surface area contributed by atoms with Crippen LogP contribution in [-0.2, 0) is 11.3 Å². The van der Waals surface area contributed by atoms with E-state index in [1.165, 1.54) is 27.7 Å². The minimum Gasteiger partial charge on any atom is -0.376 e. The van der Waals surface area contributed by atoms with Crippen molar-refractivity contribution in [2.75, 3.05) is 19.7 Å². The maximum atomic E-state index is 5.66. The highest BCUT2D eigenvalue weighted by Gasteiger charge is 2.15. The van der Waals surface area contributed by atoms with Gasteiger partial charge in [0.05, 0.1) is 12.6 Å². The molecule has 1 aromatic heterocycles. The molecule has 3 N–H and O–H groups in total. The summed E-state index contributed by atoms with van der Waals surface area (Å²) in [6, 6.07) is 6.53. The second-order valence-corrected chi connectivity index (χ2v) is 6.47. The number of aryl methyl sites for hydroxylation is 2. The summed E-state index contributed by atoms with van der Waals surface area (Å²) in [5.74, 6) is 0.857. The summed E-state index contributed by atoms with van der Waals surface area (Å²) in [5, 5.41) is 7.99. The number of aliphatic imine (C=N–C) groups is 1. The average molecular weight is 328 g/mol. The quantitative estimate of drug-likeness (QED) is 0.584. The molecule has 5 nitrogen and oxygen atoms in total. The van der Waals surface area contributed by atoms with Crippen LogP contribution in [0.2, 0.25) is 0 Å². The van der Waals surface area contributed by atoms with Gasteiger partial charge in [-0.15, -0.1) is 0 Å². The summed E-state index contributed by atoms with van der Waals surface area (Å²) in [4.78, 5) is 8.13. The summed E-state index contributed by atoms with van der Waals surface area (Å²) < 4.78 is 5.66. The minimum atomic E-state index is 0.315. The lowest BCUT2D eigenvalue weighted by molar-refractivity contribution is 0.114. The Morgan fingerprint density at radius 3 is 2.96 bits per heavy atom. The highest BCUT2D eigenvalue weighted by Crippen LogP contribution is 2.22. The molecule has 0 spiro atoms. The molecule has 1 unspecified atom stereocenters. The SMILES string of the molecule is CCNC(=NCc1ccc2[nH]c(C)c(C)c2c1)NCC1CCCO1. The van der Waals surface area contributed by atoms with Crippen molar-refractivity contribution >= 4 is 16.9 Å². The number of H-pyrrole nitrogens is 1. The molecule has 0 aliphatic carbocycles. The normalized spacial score (nSPS) is 18.3. The van der Waals surface area contributed by atoms with Crippen LogP contribution in [-0.4, -0.2) is 36.7 Å². The first-order valence-corrected chi connectivity index (χ1v) is 8.89. The fourth-order valence-electron chi connectivity index (χ4n) is 3.13. The molecule has 1 saturated heterocycles. The molecular formula is C19H28N4O. The Labute approximate surface area is 143 Å². The van der Waals surface area contributed by atoms with Crippen LogP contribution in [0, 0.1) is 13.8 Å². The monoisotopic (exact) mass is 328 g/mol. The second kappa shape index (κ2) is 7.71. The van der Waals surface area contributed by atoms with Gasteiger partial charge in [-0.25, -0.2) is 4.99 Å². The van der Waals surface area contributed by atoms with Crippen molar-refractivity contribution in [3.05, 3.63) is 35.0 Å². The molecule has 1 aliphatic heterocycles. The summed E-state index contributed by atoms with van der Waals surface area (Å²) in [6.45, 7) is 9.59. The van der Waals surface area contributed by atoms with Gasteiger partial charge in [-0.3, -0.25) is 0 Å². The van der Waals surface area contributed by atoms with Gasteiger partial charge in [0.2, 0.25) is 0 Å². The summed E-state index contributed by atoms with van der Waals surface area (Å²) in [6.07, 6.45) is 2.61. The first-order valence-electron chi connectivity index (χ1n) is 8.89. The molecule has 5 heteroatoms. The number of nitrogens with zero attached hydrogens (tertiary/aromatic N) is 1. The number of fused-ring (bicyclic) bond motifs is 1. The zero-order valence-electron chi connectivity index (χ0n) is 14.9. The first kappa shape index (κ1) is 16.8. The first-order chi connectivity index (χ1) is 11.7. The number of hydrogen-bond donors (Lipinski definition) is 3. The van der Waals surface area contributed by atoms with Crippen molar-refractivity contribution < 1.29 is 4.74 Å². The number of aromatic amines is 1. The van der Waals surface area contributed by atoms with Crippen molar-refractivity contribution in [3.63, 3.8) is 0 Å². The molecule has 1 atom stereocenters. The fourth-order valence-corrected chi connectivity index (χ4v) is 3.13. The number of nitrogens with one attached hydrogen (secondary N) is 3. The maximum absolute atomic E-state index is 5.66. The Hall–Kier alpha value is -2.01. The van der Waals surface area contributed by atoms with Crippen molar-refractivity contribution in [1.82, 2.24) is 15.6 Å². The van der Waals surface area contributed by atoms with E-state index >= 15 is 0 Å². The van der Waals surface area contributed by atoms with E-state index in [1.54, 1.807) is 0 Å². The van der Waals surface area contributed by atoms with Gasteiger partial charge in [-0.1, -0.05) is 6.07 Å². The van der Waals surface area contributed by atoms with E-state index in [4.69, 9.17) is 9.73 Å². The van der Waals surface area contributed by atoms with Gasteiger partial charge in [-0.2, -0.15) is 0 Å². The van der Waals surface area contributed by atoms with Crippen molar-refractivity contribution in [3.8, 4) is 0 Å². The minimum absolute atomic E-state index is 0.315. The van der Waals surface area contributed by atoms with Crippen LogP contribution < -0.4 is 10.6 Å². The Bertz CT molecular complexity index is 713. The third-order valence-electron chi connectivity index (χ3n) is 4.66. The number of ether oxygens (including phenoxy) is 1. The fraction of sp³-hybridized carbons (Fsp3) is 0.526. The van der Waals surface area contributed by atoms with Crippen LogP contribution in [0.1, 0.15) is 36.6 Å². The van der Waals surface area contributed by atoms with Crippen LogP contribution in [0.4, 0.5) is 0 Å². The van der Waals surface area contributed by atoms with Gasteiger partial charge >= 0.3 is 0 Å². The number of guanidine groups is 1. The van der Waals surface area contributed by atoms with Crippen molar-refractivity contribution in [2.45, 2.75) is 46.3 Å². The third-order valence-corrected chi connectivity index (χ3v) is 4.66. The lowest BCUT2D eigenvalue weighted by Gasteiger charge is -2.14. The Morgan fingerprint density at radius 1 is 1.33 bits per heavy atom. The number of aromatic nitrogens is 1. The molecule has 1 aromatic carbocycles. The van der Waals surface area contributed by atoms with E-state index in [2.05, 4.69) is 54.6 Å². The van der Waals surface area contributed by atoms with E-state index in [9.17, 15) is 0 Å². The number of hydrogen-bond acceptors (Lipinski definition) is 2. The highest BCUT2D eigenvalue weighted by atomic mass is 16.5. The van der Waals surface area contributed by atoms with E-state index in [0.29, 0.717) is 12.6 Å². The molecule has 0 bridgehead atoms. The van der Waals surface area contributed by atoms with Crippen molar-refractivity contribution in [2.24, 2.45) is 4.99 Å². The van der Waals surface area contributed by atoms with E-state index in [0.717, 1.165) is 38.5 Å².